The molecule has 6 nitrogen and oxygen atoms in total. The second-order valence-electron chi connectivity index (χ2n) is 7.09. The van der Waals surface area contributed by atoms with Crippen LogP contribution >= 0.6 is 0 Å². The molecule has 4 rings (SSSR count). The molecule has 1 atom stereocenters. The van der Waals surface area contributed by atoms with Crippen LogP contribution < -0.4 is 0 Å². The van der Waals surface area contributed by atoms with Crippen LogP contribution in [0.4, 0.5) is 4.39 Å². The Morgan fingerprint density at radius 3 is 2.55 bits per heavy atom. The minimum absolute atomic E-state index is 0.157. The van der Waals surface area contributed by atoms with Crippen molar-refractivity contribution in [3.05, 3.63) is 89.9 Å². The first-order chi connectivity index (χ1) is 14.1. The maximum absolute atomic E-state index is 13.2. The lowest BCUT2D eigenvalue weighted by atomic mass is 9.97. The predicted molar refractivity (Wildman–Crippen MR) is 108 cm³/mol. The number of rotatable bonds is 6. The van der Waals surface area contributed by atoms with E-state index in [4.69, 9.17) is 9.97 Å². The molecular weight excluding hydrogens is 367 g/mol. The Labute approximate surface area is 168 Å². The molecule has 4 aromatic rings. The van der Waals surface area contributed by atoms with Crippen LogP contribution in [0.3, 0.4) is 0 Å². The topological polar surface area (TPSA) is 69.4 Å². The Hall–Kier alpha value is -3.48. The second-order valence-corrected chi connectivity index (χ2v) is 7.09. The Morgan fingerprint density at radius 1 is 1.03 bits per heavy atom. The standard InChI is InChI=1S/C22H21FN6/c1-15(16-3-5-18(23)6-4-16)9-22-27-19(10-20-13-24-7-8-25-20)11-21(28-22)17-12-26-29(2)14-17/h3-8,11-15H,9-10H2,1-2H3/t15-/m1/s1. The third-order valence-corrected chi connectivity index (χ3v) is 4.73. The monoisotopic (exact) mass is 388 g/mol. The summed E-state index contributed by atoms with van der Waals surface area (Å²) in [5, 5.41) is 4.25. The van der Waals surface area contributed by atoms with Gasteiger partial charge in [-0.25, -0.2) is 14.4 Å². The fourth-order valence-corrected chi connectivity index (χ4v) is 3.23. The van der Waals surface area contributed by atoms with Crippen molar-refractivity contribution in [2.45, 2.75) is 25.7 Å². The Bertz CT molecular complexity index is 1090. The van der Waals surface area contributed by atoms with Gasteiger partial charge in [0.2, 0.25) is 0 Å². The summed E-state index contributed by atoms with van der Waals surface area (Å²) in [5.74, 6) is 0.660. The predicted octanol–water partition coefficient (Wildman–Crippen LogP) is 3.74. The van der Waals surface area contributed by atoms with Crippen molar-refractivity contribution in [2.24, 2.45) is 7.05 Å². The molecule has 0 saturated heterocycles. The summed E-state index contributed by atoms with van der Waals surface area (Å²) in [6.45, 7) is 2.09. The van der Waals surface area contributed by atoms with Gasteiger partial charge in [0.25, 0.3) is 0 Å². The van der Waals surface area contributed by atoms with Crippen LogP contribution in [0.25, 0.3) is 11.3 Å². The van der Waals surface area contributed by atoms with E-state index in [0.29, 0.717) is 12.8 Å². The van der Waals surface area contributed by atoms with Gasteiger partial charge in [0, 0.05) is 50.2 Å². The molecular formula is C22H21FN6. The molecule has 0 bridgehead atoms. The molecule has 0 unspecified atom stereocenters. The summed E-state index contributed by atoms with van der Waals surface area (Å²) in [6.07, 6.45) is 10.0. The highest BCUT2D eigenvalue weighted by atomic mass is 19.1. The molecule has 0 radical (unpaired) electrons. The zero-order valence-electron chi connectivity index (χ0n) is 16.3. The van der Waals surface area contributed by atoms with Crippen LogP contribution in [0.15, 0.2) is 61.3 Å². The second kappa shape index (κ2) is 8.26. The molecule has 0 spiro atoms. The summed E-state index contributed by atoms with van der Waals surface area (Å²) in [5.41, 5.74) is 4.54. The highest BCUT2D eigenvalue weighted by molar-refractivity contribution is 5.57. The summed E-state index contributed by atoms with van der Waals surface area (Å²) in [4.78, 5) is 18.0. The number of aromatic nitrogens is 6. The van der Waals surface area contributed by atoms with E-state index in [9.17, 15) is 4.39 Å². The largest absolute Gasteiger partial charge is 0.275 e. The molecule has 0 aliphatic carbocycles. The maximum atomic E-state index is 13.2. The number of halogens is 1. The minimum Gasteiger partial charge on any atom is -0.275 e. The van der Waals surface area contributed by atoms with Gasteiger partial charge in [-0.1, -0.05) is 19.1 Å². The van der Waals surface area contributed by atoms with Crippen molar-refractivity contribution in [3.63, 3.8) is 0 Å². The number of hydrogen-bond donors (Lipinski definition) is 0. The molecule has 3 heterocycles. The molecule has 0 N–H and O–H groups in total. The Balaban J connectivity index is 1.66. The normalized spacial score (nSPS) is 12.1. The third-order valence-electron chi connectivity index (χ3n) is 4.73. The summed E-state index contributed by atoms with van der Waals surface area (Å²) >= 11 is 0. The van der Waals surface area contributed by atoms with Crippen LogP contribution in [0.2, 0.25) is 0 Å². The Morgan fingerprint density at radius 2 is 1.86 bits per heavy atom. The lowest BCUT2D eigenvalue weighted by molar-refractivity contribution is 0.624. The van der Waals surface area contributed by atoms with Crippen LogP contribution in [0.5, 0.6) is 0 Å². The van der Waals surface area contributed by atoms with E-state index in [0.717, 1.165) is 34.0 Å². The zero-order chi connectivity index (χ0) is 20.2. The van der Waals surface area contributed by atoms with Crippen LogP contribution in [0.1, 0.15) is 35.6 Å². The quantitative estimate of drug-likeness (QED) is 0.503. The molecule has 0 saturated carbocycles. The van der Waals surface area contributed by atoms with Gasteiger partial charge in [-0.05, 0) is 29.7 Å². The molecule has 1 aromatic carbocycles. The molecule has 146 valence electrons. The summed E-state index contributed by atoms with van der Waals surface area (Å²) < 4.78 is 15.0. The van der Waals surface area contributed by atoms with Gasteiger partial charge >= 0.3 is 0 Å². The fourth-order valence-electron chi connectivity index (χ4n) is 3.23. The molecule has 7 heteroatoms. The fraction of sp³-hybridized carbons (Fsp3) is 0.227. The van der Waals surface area contributed by atoms with Crippen molar-refractivity contribution in [1.82, 2.24) is 29.7 Å². The van der Waals surface area contributed by atoms with Crippen LogP contribution in [-0.4, -0.2) is 29.7 Å². The van der Waals surface area contributed by atoms with E-state index in [1.165, 1.54) is 12.1 Å². The first kappa shape index (κ1) is 18.9. The first-order valence-electron chi connectivity index (χ1n) is 9.43. The molecule has 29 heavy (non-hydrogen) atoms. The summed E-state index contributed by atoms with van der Waals surface area (Å²) in [6, 6.07) is 8.56. The average molecular weight is 388 g/mol. The third kappa shape index (κ3) is 4.68. The van der Waals surface area contributed by atoms with Gasteiger partial charge in [-0.2, -0.15) is 5.10 Å². The van der Waals surface area contributed by atoms with Gasteiger partial charge in [0.1, 0.15) is 11.6 Å². The van der Waals surface area contributed by atoms with Gasteiger partial charge in [-0.15, -0.1) is 0 Å². The van der Waals surface area contributed by atoms with Crippen LogP contribution in [0, 0.1) is 5.82 Å². The van der Waals surface area contributed by atoms with Gasteiger partial charge in [-0.3, -0.25) is 14.6 Å². The highest BCUT2D eigenvalue weighted by Crippen LogP contribution is 2.23. The van der Waals surface area contributed by atoms with Crippen LogP contribution in [-0.2, 0) is 19.9 Å². The minimum atomic E-state index is -0.234. The van der Waals surface area contributed by atoms with Crippen molar-refractivity contribution in [1.29, 1.82) is 0 Å². The van der Waals surface area contributed by atoms with Crippen molar-refractivity contribution >= 4 is 0 Å². The lowest BCUT2D eigenvalue weighted by Crippen LogP contribution is -2.07. The molecule has 0 fully saturated rings. The molecule has 0 aliphatic rings. The SMILES string of the molecule is C[C@H](Cc1nc(Cc2cnccn2)cc(-c2cnn(C)c2)n1)c1ccc(F)cc1. The van der Waals surface area contributed by atoms with E-state index in [-0.39, 0.29) is 11.7 Å². The summed E-state index contributed by atoms with van der Waals surface area (Å²) in [7, 11) is 1.88. The average Bonchev–Trinajstić information content (AvgIpc) is 3.15. The first-order valence-corrected chi connectivity index (χ1v) is 9.43. The van der Waals surface area contributed by atoms with Gasteiger partial charge in [0.15, 0.2) is 0 Å². The van der Waals surface area contributed by atoms with E-state index in [1.54, 1.807) is 29.5 Å². The number of hydrogen-bond acceptors (Lipinski definition) is 5. The number of aryl methyl sites for hydroxylation is 1. The lowest BCUT2D eigenvalue weighted by Gasteiger charge is -2.13. The number of nitrogens with zero attached hydrogens (tertiary/aromatic N) is 6. The van der Waals surface area contributed by atoms with Crippen molar-refractivity contribution in [3.8, 4) is 11.3 Å². The zero-order valence-corrected chi connectivity index (χ0v) is 16.3. The van der Waals surface area contributed by atoms with E-state index < -0.39 is 0 Å². The van der Waals surface area contributed by atoms with E-state index in [2.05, 4.69) is 22.0 Å². The maximum Gasteiger partial charge on any atom is 0.129 e. The van der Waals surface area contributed by atoms with Crippen molar-refractivity contribution in [2.75, 3.05) is 0 Å². The molecule has 0 amide bonds. The van der Waals surface area contributed by atoms with E-state index >= 15 is 0 Å². The van der Waals surface area contributed by atoms with Gasteiger partial charge < -0.3 is 0 Å². The van der Waals surface area contributed by atoms with E-state index in [1.807, 2.05) is 31.4 Å². The highest BCUT2D eigenvalue weighted by Gasteiger charge is 2.14. The number of benzene rings is 1. The molecule has 0 aliphatic heterocycles. The smallest absolute Gasteiger partial charge is 0.129 e. The van der Waals surface area contributed by atoms with Gasteiger partial charge in [0.05, 0.1) is 23.3 Å². The Kier molecular flexibility index (Phi) is 5.37. The molecule has 3 aromatic heterocycles. The van der Waals surface area contributed by atoms with Crippen molar-refractivity contribution < 1.29 is 4.39 Å².